The summed E-state index contributed by atoms with van der Waals surface area (Å²) in [6.45, 7) is 3.25. The van der Waals surface area contributed by atoms with Gasteiger partial charge in [-0.1, -0.05) is 13.0 Å². The average Bonchev–Trinajstić information content (AvgIpc) is 2.93. The quantitative estimate of drug-likeness (QED) is 0.757. The molecule has 0 radical (unpaired) electrons. The van der Waals surface area contributed by atoms with Crippen LogP contribution in [0.1, 0.15) is 13.3 Å². The SMILES string of the molecule is CCSCCCNc1cccc(-n2cccc2)c1. The van der Waals surface area contributed by atoms with Crippen molar-refractivity contribution in [1.29, 1.82) is 0 Å². The molecule has 0 bridgehead atoms. The minimum atomic E-state index is 1.04. The molecule has 0 aliphatic heterocycles. The lowest BCUT2D eigenvalue weighted by Crippen LogP contribution is -2.03. The summed E-state index contributed by atoms with van der Waals surface area (Å²) in [5, 5.41) is 3.48. The monoisotopic (exact) mass is 260 g/mol. The molecule has 1 aromatic heterocycles. The first-order valence-electron chi connectivity index (χ1n) is 6.45. The van der Waals surface area contributed by atoms with E-state index in [4.69, 9.17) is 0 Å². The van der Waals surface area contributed by atoms with Crippen molar-refractivity contribution < 1.29 is 0 Å². The van der Waals surface area contributed by atoms with E-state index in [0.717, 1.165) is 6.54 Å². The maximum absolute atomic E-state index is 3.48. The van der Waals surface area contributed by atoms with Crippen molar-refractivity contribution in [2.24, 2.45) is 0 Å². The predicted octanol–water partition coefficient (Wildman–Crippen LogP) is 4.03. The summed E-state index contributed by atoms with van der Waals surface area (Å²) >= 11 is 2.00. The molecule has 18 heavy (non-hydrogen) atoms. The molecule has 1 N–H and O–H groups in total. The molecule has 2 rings (SSSR count). The molecular formula is C15H20N2S. The Labute approximate surface area is 113 Å². The maximum Gasteiger partial charge on any atom is 0.0469 e. The topological polar surface area (TPSA) is 17.0 Å². The van der Waals surface area contributed by atoms with Crippen LogP contribution in [0, 0.1) is 0 Å². The van der Waals surface area contributed by atoms with E-state index >= 15 is 0 Å². The zero-order valence-corrected chi connectivity index (χ0v) is 11.6. The fourth-order valence-electron chi connectivity index (χ4n) is 1.83. The highest BCUT2D eigenvalue weighted by Crippen LogP contribution is 2.15. The fraction of sp³-hybridized carbons (Fsp3) is 0.333. The van der Waals surface area contributed by atoms with Crippen molar-refractivity contribution in [1.82, 2.24) is 4.57 Å². The zero-order valence-electron chi connectivity index (χ0n) is 10.8. The second-order valence-corrected chi connectivity index (χ2v) is 5.51. The van der Waals surface area contributed by atoms with Gasteiger partial charge in [0.1, 0.15) is 0 Å². The summed E-state index contributed by atoms with van der Waals surface area (Å²) in [5.74, 6) is 2.45. The first-order valence-corrected chi connectivity index (χ1v) is 7.60. The van der Waals surface area contributed by atoms with E-state index in [1.165, 1.54) is 29.3 Å². The Morgan fingerprint density at radius 3 is 2.78 bits per heavy atom. The third-order valence-corrected chi connectivity index (χ3v) is 3.73. The van der Waals surface area contributed by atoms with Gasteiger partial charge in [-0.2, -0.15) is 11.8 Å². The van der Waals surface area contributed by atoms with Crippen LogP contribution in [0.25, 0.3) is 5.69 Å². The van der Waals surface area contributed by atoms with Gasteiger partial charge in [-0.3, -0.25) is 0 Å². The summed E-state index contributed by atoms with van der Waals surface area (Å²) in [7, 11) is 0. The van der Waals surface area contributed by atoms with Gasteiger partial charge in [0.05, 0.1) is 0 Å². The number of nitrogens with one attached hydrogen (secondary N) is 1. The van der Waals surface area contributed by atoms with Crippen LogP contribution in [-0.4, -0.2) is 22.6 Å². The molecule has 2 nitrogen and oxygen atoms in total. The Hall–Kier alpha value is -1.35. The summed E-state index contributed by atoms with van der Waals surface area (Å²) in [4.78, 5) is 0. The van der Waals surface area contributed by atoms with Crippen LogP contribution < -0.4 is 5.32 Å². The van der Waals surface area contributed by atoms with E-state index in [1.807, 2.05) is 23.9 Å². The van der Waals surface area contributed by atoms with Gasteiger partial charge in [-0.25, -0.2) is 0 Å². The van der Waals surface area contributed by atoms with Gasteiger partial charge in [0.25, 0.3) is 0 Å². The normalized spacial score (nSPS) is 10.5. The number of hydrogen-bond acceptors (Lipinski definition) is 2. The van der Waals surface area contributed by atoms with Crippen LogP contribution in [0.5, 0.6) is 0 Å². The molecule has 0 unspecified atom stereocenters. The van der Waals surface area contributed by atoms with Crippen LogP contribution >= 0.6 is 11.8 Å². The smallest absolute Gasteiger partial charge is 0.0469 e. The first kappa shape index (κ1) is 13.1. The van der Waals surface area contributed by atoms with Gasteiger partial charge < -0.3 is 9.88 Å². The Morgan fingerprint density at radius 1 is 1.17 bits per heavy atom. The van der Waals surface area contributed by atoms with Crippen molar-refractivity contribution in [2.75, 3.05) is 23.4 Å². The van der Waals surface area contributed by atoms with Crippen LogP contribution in [0.4, 0.5) is 5.69 Å². The van der Waals surface area contributed by atoms with Crippen molar-refractivity contribution in [2.45, 2.75) is 13.3 Å². The lowest BCUT2D eigenvalue weighted by atomic mass is 10.2. The van der Waals surface area contributed by atoms with E-state index in [2.05, 4.69) is 53.5 Å². The lowest BCUT2D eigenvalue weighted by molar-refractivity contribution is 0.989. The van der Waals surface area contributed by atoms with Gasteiger partial charge in [0.2, 0.25) is 0 Å². The van der Waals surface area contributed by atoms with Crippen molar-refractivity contribution in [3.8, 4) is 5.69 Å². The molecule has 0 amide bonds. The number of nitrogens with zero attached hydrogens (tertiary/aromatic N) is 1. The van der Waals surface area contributed by atoms with Crippen LogP contribution in [0.15, 0.2) is 48.8 Å². The first-order chi connectivity index (χ1) is 8.90. The minimum absolute atomic E-state index is 1.04. The average molecular weight is 260 g/mol. The molecule has 0 aliphatic carbocycles. The fourth-order valence-corrected chi connectivity index (χ4v) is 2.47. The molecular weight excluding hydrogens is 240 g/mol. The Bertz CT molecular complexity index is 451. The zero-order chi connectivity index (χ0) is 12.6. The molecule has 2 aromatic rings. The van der Waals surface area contributed by atoms with E-state index in [1.54, 1.807) is 0 Å². The number of benzene rings is 1. The van der Waals surface area contributed by atoms with E-state index in [0.29, 0.717) is 0 Å². The van der Waals surface area contributed by atoms with Crippen molar-refractivity contribution in [3.63, 3.8) is 0 Å². The number of anilines is 1. The van der Waals surface area contributed by atoms with Gasteiger partial charge in [0.15, 0.2) is 0 Å². The Balaban J connectivity index is 1.88. The standard InChI is InChI=1S/C15H20N2S/c1-2-18-12-6-9-16-14-7-5-8-15(13-14)17-10-3-4-11-17/h3-5,7-8,10-11,13,16H,2,6,9,12H2,1H3. The Kier molecular flexibility index (Phi) is 5.21. The predicted molar refractivity (Wildman–Crippen MR) is 81.9 cm³/mol. The number of rotatable bonds is 7. The third-order valence-electron chi connectivity index (χ3n) is 2.75. The van der Waals surface area contributed by atoms with Gasteiger partial charge in [0, 0.05) is 30.3 Å². The van der Waals surface area contributed by atoms with Crippen molar-refractivity contribution >= 4 is 17.4 Å². The lowest BCUT2D eigenvalue weighted by Gasteiger charge is -2.09. The number of thioether (sulfide) groups is 1. The molecule has 1 heterocycles. The second kappa shape index (κ2) is 7.17. The molecule has 96 valence electrons. The molecule has 0 fully saturated rings. The molecule has 1 aromatic carbocycles. The molecule has 0 saturated carbocycles. The van der Waals surface area contributed by atoms with Gasteiger partial charge in [-0.15, -0.1) is 0 Å². The van der Waals surface area contributed by atoms with E-state index in [-0.39, 0.29) is 0 Å². The maximum atomic E-state index is 3.48. The summed E-state index contributed by atoms with van der Waals surface area (Å²) in [6, 6.07) is 12.6. The molecule has 0 aliphatic rings. The van der Waals surface area contributed by atoms with Crippen LogP contribution in [0.3, 0.4) is 0 Å². The minimum Gasteiger partial charge on any atom is -0.385 e. The number of hydrogen-bond donors (Lipinski definition) is 1. The molecule has 0 atom stereocenters. The Morgan fingerprint density at radius 2 is 2.00 bits per heavy atom. The highest BCUT2D eigenvalue weighted by molar-refractivity contribution is 7.99. The van der Waals surface area contributed by atoms with Crippen LogP contribution in [0.2, 0.25) is 0 Å². The van der Waals surface area contributed by atoms with Crippen LogP contribution in [-0.2, 0) is 0 Å². The highest BCUT2D eigenvalue weighted by atomic mass is 32.2. The van der Waals surface area contributed by atoms with Gasteiger partial charge >= 0.3 is 0 Å². The number of aromatic nitrogens is 1. The van der Waals surface area contributed by atoms with Crippen molar-refractivity contribution in [3.05, 3.63) is 48.8 Å². The molecule has 0 saturated heterocycles. The molecule has 3 heteroatoms. The summed E-state index contributed by atoms with van der Waals surface area (Å²) in [6.07, 6.45) is 5.35. The molecule has 0 spiro atoms. The summed E-state index contributed by atoms with van der Waals surface area (Å²) < 4.78 is 2.12. The van der Waals surface area contributed by atoms with E-state index in [9.17, 15) is 0 Å². The van der Waals surface area contributed by atoms with E-state index < -0.39 is 0 Å². The third kappa shape index (κ3) is 3.84. The second-order valence-electron chi connectivity index (χ2n) is 4.12. The summed E-state index contributed by atoms with van der Waals surface area (Å²) in [5.41, 5.74) is 2.40. The highest BCUT2D eigenvalue weighted by Gasteiger charge is 1.97. The largest absolute Gasteiger partial charge is 0.385 e. The van der Waals surface area contributed by atoms with Gasteiger partial charge in [-0.05, 0) is 48.3 Å².